The number of anilines is 1. The molecule has 2 rings (SSSR count). The second-order valence-electron chi connectivity index (χ2n) is 5.96. The number of aromatic carboxylic acids is 1. The minimum absolute atomic E-state index is 0.0207. The predicted molar refractivity (Wildman–Crippen MR) is 82.3 cm³/mol. The van der Waals surface area contributed by atoms with E-state index in [1.54, 1.807) is 6.07 Å². The van der Waals surface area contributed by atoms with Crippen molar-refractivity contribution in [1.82, 2.24) is 4.98 Å². The van der Waals surface area contributed by atoms with Gasteiger partial charge in [0.1, 0.15) is 0 Å². The van der Waals surface area contributed by atoms with Crippen LogP contribution in [-0.4, -0.2) is 29.7 Å². The molecule has 0 atom stereocenters. The fourth-order valence-electron chi connectivity index (χ4n) is 2.87. The van der Waals surface area contributed by atoms with E-state index in [0.29, 0.717) is 11.7 Å². The second kappa shape index (κ2) is 6.78. The van der Waals surface area contributed by atoms with Crippen LogP contribution in [0.2, 0.25) is 0 Å². The molecule has 0 unspecified atom stereocenters. The molecule has 0 spiro atoms. The maximum atomic E-state index is 11.3. The fraction of sp³-hybridized carbons (Fsp3) is 0.625. The van der Waals surface area contributed by atoms with Crippen LogP contribution >= 0.6 is 0 Å². The Balaban J connectivity index is 2.26. The molecule has 0 aliphatic heterocycles. The van der Waals surface area contributed by atoms with E-state index in [0.717, 1.165) is 17.9 Å². The molecule has 0 aromatic carbocycles. The highest BCUT2D eigenvalue weighted by atomic mass is 16.5. The van der Waals surface area contributed by atoms with Gasteiger partial charge in [-0.3, -0.25) is 0 Å². The lowest BCUT2D eigenvalue weighted by atomic mass is 10.0. The summed E-state index contributed by atoms with van der Waals surface area (Å²) in [5.74, 6) is 0.104. The summed E-state index contributed by atoms with van der Waals surface area (Å²) in [7, 11) is 1.47. The quantitative estimate of drug-likeness (QED) is 0.839. The Labute approximate surface area is 125 Å². The molecule has 5 heteroatoms. The maximum Gasteiger partial charge on any atom is 0.358 e. The molecule has 0 amide bonds. The number of methoxy groups -OCH3 is 1. The molecular weight excluding hydrogens is 268 g/mol. The van der Waals surface area contributed by atoms with Gasteiger partial charge in [-0.05, 0) is 24.7 Å². The Hall–Kier alpha value is -1.78. The number of carbonyl (C=O) groups is 1. The van der Waals surface area contributed by atoms with Crippen molar-refractivity contribution in [3.8, 4) is 5.75 Å². The third kappa shape index (κ3) is 3.65. The van der Waals surface area contributed by atoms with Crippen LogP contribution < -0.4 is 10.1 Å². The summed E-state index contributed by atoms with van der Waals surface area (Å²) in [6.45, 7) is 4.94. The molecular formula is C16H24N2O3. The van der Waals surface area contributed by atoms with Crippen molar-refractivity contribution >= 4 is 11.7 Å². The minimum atomic E-state index is -1.06. The van der Waals surface area contributed by atoms with Crippen molar-refractivity contribution in [3.63, 3.8) is 0 Å². The number of hydrogen-bond donors (Lipinski definition) is 2. The van der Waals surface area contributed by atoms with Gasteiger partial charge in [0, 0.05) is 12.6 Å². The zero-order valence-corrected chi connectivity index (χ0v) is 13.0. The smallest absolute Gasteiger partial charge is 0.358 e. The van der Waals surface area contributed by atoms with Gasteiger partial charge in [0.25, 0.3) is 0 Å². The van der Waals surface area contributed by atoms with Crippen molar-refractivity contribution in [2.45, 2.75) is 45.4 Å². The number of carboxylic acid groups (broad SMARTS) is 1. The van der Waals surface area contributed by atoms with Crippen LogP contribution in [0.4, 0.5) is 5.69 Å². The largest absolute Gasteiger partial charge is 0.494 e. The second-order valence-corrected chi connectivity index (χ2v) is 5.96. The van der Waals surface area contributed by atoms with Gasteiger partial charge >= 0.3 is 5.97 Å². The number of carboxylic acids is 1. The van der Waals surface area contributed by atoms with Crippen molar-refractivity contribution in [3.05, 3.63) is 17.5 Å². The molecule has 5 nitrogen and oxygen atoms in total. The monoisotopic (exact) mass is 292 g/mol. The Bertz CT molecular complexity index is 508. The van der Waals surface area contributed by atoms with Crippen LogP contribution in [0.3, 0.4) is 0 Å². The molecule has 1 aliphatic rings. The number of nitrogens with zero attached hydrogens (tertiary/aromatic N) is 1. The highest BCUT2D eigenvalue weighted by molar-refractivity contribution is 5.89. The molecule has 0 bridgehead atoms. The number of ether oxygens (including phenoxy) is 1. The van der Waals surface area contributed by atoms with E-state index in [9.17, 15) is 9.90 Å². The van der Waals surface area contributed by atoms with E-state index >= 15 is 0 Å². The first-order chi connectivity index (χ1) is 10.0. The third-order valence-electron chi connectivity index (χ3n) is 4.04. The zero-order chi connectivity index (χ0) is 15.4. The predicted octanol–water partition coefficient (Wildman–Crippen LogP) is 3.51. The van der Waals surface area contributed by atoms with Crippen molar-refractivity contribution in [2.75, 3.05) is 19.0 Å². The van der Waals surface area contributed by atoms with Gasteiger partial charge in [-0.2, -0.15) is 0 Å². The van der Waals surface area contributed by atoms with Crippen LogP contribution in [-0.2, 0) is 0 Å². The molecule has 1 saturated carbocycles. The molecule has 116 valence electrons. The summed E-state index contributed by atoms with van der Waals surface area (Å²) in [4.78, 5) is 15.6. The van der Waals surface area contributed by atoms with Gasteiger partial charge in [-0.25, -0.2) is 9.78 Å². The van der Waals surface area contributed by atoms with Gasteiger partial charge in [0.2, 0.25) is 0 Å². The number of nitrogens with one attached hydrogen (secondary N) is 1. The Morgan fingerprint density at radius 2 is 2.14 bits per heavy atom. The third-order valence-corrected chi connectivity index (χ3v) is 4.04. The van der Waals surface area contributed by atoms with Crippen LogP contribution in [0.15, 0.2) is 6.07 Å². The lowest BCUT2D eigenvalue weighted by Crippen LogP contribution is -2.15. The molecule has 1 aromatic rings. The van der Waals surface area contributed by atoms with E-state index in [1.165, 1.54) is 32.8 Å². The summed E-state index contributed by atoms with van der Waals surface area (Å²) in [6.07, 6.45) is 5.15. The molecule has 21 heavy (non-hydrogen) atoms. The van der Waals surface area contributed by atoms with Crippen LogP contribution in [0, 0.1) is 5.92 Å². The SMILES string of the molecule is COc1cc(NCC2CCCC2)c(C(C)C)nc1C(=O)O. The molecule has 0 radical (unpaired) electrons. The van der Waals surface area contributed by atoms with Crippen molar-refractivity contribution in [1.29, 1.82) is 0 Å². The highest BCUT2D eigenvalue weighted by Gasteiger charge is 2.21. The molecule has 1 fully saturated rings. The average molecular weight is 292 g/mol. The summed E-state index contributed by atoms with van der Waals surface area (Å²) in [5, 5.41) is 12.7. The van der Waals surface area contributed by atoms with E-state index in [2.05, 4.69) is 10.3 Å². The normalized spacial score (nSPS) is 15.4. The minimum Gasteiger partial charge on any atom is -0.494 e. The number of rotatable bonds is 6. The summed E-state index contributed by atoms with van der Waals surface area (Å²) in [6, 6.07) is 1.76. The van der Waals surface area contributed by atoms with Crippen LogP contribution in [0.25, 0.3) is 0 Å². The lowest BCUT2D eigenvalue weighted by Gasteiger charge is -2.18. The first kappa shape index (κ1) is 15.6. The molecule has 2 N–H and O–H groups in total. The fourth-order valence-corrected chi connectivity index (χ4v) is 2.87. The molecule has 1 aliphatic carbocycles. The molecule has 1 heterocycles. The highest BCUT2D eigenvalue weighted by Crippen LogP contribution is 2.31. The summed E-state index contributed by atoms with van der Waals surface area (Å²) < 4.78 is 5.17. The van der Waals surface area contributed by atoms with E-state index in [-0.39, 0.29) is 11.6 Å². The summed E-state index contributed by atoms with van der Waals surface area (Å²) >= 11 is 0. The zero-order valence-electron chi connectivity index (χ0n) is 13.0. The van der Waals surface area contributed by atoms with E-state index < -0.39 is 5.97 Å². The van der Waals surface area contributed by atoms with Crippen molar-refractivity contribution < 1.29 is 14.6 Å². The van der Waals surface area contributed by atoms with Gasteiger partial charge in [-0.15, -0.1) is 0 Å². The Kier molecular flexibility index (Phi) is 5.04. The standard InChI is InChI=1S/C16H24N2O3/c1-10(2)14-12(17-9-11-6-4-5-7-11)8-13(21-3)15(18-14)16(19)20/h8,10-11,17H,4-7,9H2,1-3H3,(H,19,20). The first-order valence-corrected chi connectivity index (χ1v) is 7.59. The average Bonchev–Trinajstić information content (AvgIpc) is 2.96. The number of pyridine rings is 1. The maximum absolute atomic E-state index is 11.3. The first-order valence-electron chi connectivity index (χ1n) is 7.59. The molecule has 0 saturated heterocycles. The van der Waals surface area contributed by atoms with Gasteiger partial charge in [0.05, 0.1) is 18.5 Å². The number of aromatic nitrogens is 1. The van der Waals surface area contributed by atoms with Crippen LogP contribution in [0.1, 0.15) is 61.6 Å². The van der Waals surface area contributed by atoms with Crippen molar-refractivity contribution in [2.24, 2.45) is 5.92 Å². The molecule has 1 aromatic heterocycles. The van der Waals surface area contributed by atoms with Gasteiger partial charge in [-0.1, -0.05) is 26.7 Å². The topological polar surface area (TPSA) is 71.5 Å². The Morgan fingerprint density at radius 3 is 2.67 bits per heavy atom. The van der Waals surface area contributed by atoms with E-state index in [1.807, 2.05) is 13.8 Å². The number of hydrogen-bond acceptors (Lipinski definition) is 4. The van der Waals surface area contributed by atoms with E-state index in [4.69, 9.17) is 4.74 Å². The lowest BCUT2D eigenvalue weighted by molar-refractivity contribution is 0.0686. The van der Waals surface area contributed by atoms with Crippen LogP contribution in [0.5, 0.6) is 5.75 Å². The Morgan fingerprint density at radius 1 is 1.48 bits per heavy atom. The van der Waals surface area contributed by atoms with Gasteiger partial charge in [0.15, 0.2) is 11.4 Å². The van der Waals surface area contributed by atoms with Gasteiger partial charge < -0.3 is 15.2 Å². The summed E-state index contributed by atoms with van der Waals surface area (Å²) in [5.41, 5.74) is 1.65.